The van der Waals surface area contributed by atoms with Gasteiger partial charge in [0.1, 0.15) is 0 Å². The van der Waals surface area contributed by atoms with Crippen LogP contribution in [0.2, 0.25) is 0 Å². The molecule has 3 unspecified atom stereocenters. The zero-order chi connectivity index (χ0) is 14.2. The van der Waals surface area contributed by atoms with Crippen molar-refractivity contribution in [3.63, 3.8) is 0 Å². The Kier molecular flexibility index (Phi) is 4.19. The Morgan fingerprint density at radius 3 is 2.26 bits per heavy atom. The van der Waals surface area contributed by atoms with E-state index in [1.165, 1.54) is 35.3 Å². The predicted octanol–water partition coefficient (Wildman–Crippen LogP) is 3.75. The predicted molar refractivity (Wildman–Crippen MR) is 83.9 cm³/mol. The molecule has 0 spiro atoms. The molecule has 0 bridgehead atoms. The molecule has 1 aromatic carbocycles. The van der Waals surface area contributed by atoms with Gasteiger partial charge in [-0.3, -0.25) is 0 Å². The third-order valence-corrected chi connectivity index (χ3v) is 4.62. The van der Waals surface area contributed by atoms with E-state index in [1.807, 2.05) is 0 Å². The number of aryl methyl sites for hydroxylation is 3. The van der Waals surface area contributed by atoms with Gasteiger partial charge < -0.3 is 10.2 Å². The van der Waals surface area contributed by atoms with E-state index in [4.69, 9.17) is 0 Å². The van der Waals surface area contributed by atoms with E-state index in [-0.39, 0.29) is 0 Å². The van der Waals surface area contributed by atoms with Gasteiger partial charge in [0, 0.05) is 24.3 Å². The molecular weight excluding hydrogens is 232 g/mol. The molecule has 1 N–H and O–H groups in total. The van der Waals surface area contributed by atoms with E-state index in [9.17, 15) is 0 Å². The first-order valence-corrected chi connectivity index (χ1v) is 7.43. The van der Waals surface area contributed by atoms with Crippen LogP contribution in [-0.2, 0) is 0 Å². The van der Waals surface area contributed by atoms with Crippen molar-refractivity contribution >= 4 is 5.69 Å². The number of nitrogens with zero attached hydrogens (tertiary/aromatic N) is 1. The number of piperidine rings is 1. The highest BCUT2D eigenvalue weighted by molar-refractivity contribution is 5.58. The van der Waals surface area contributed by atoms with Crippen LogP contribution >= 0.6 is 0 Å². The van der Waals surface area contributed by atoms with Gasteiger partial charge in [0.25, 0.3) is 0 Å². The van der Waals surface area contributed by atoms with Crippen molar-refractivity contribution in [2.75, 3.05) is 18.9 Å². The second kappa shape index (κ2) is 5.54. The molecule has 1 aromatic rings. The lowest BCUT2D eigenvalue weighted by Crippen LogP contribution is -2.48. The van der Waals surface area contributed by atoms with Gasteiger partial charge in [0.2, 0.25) is 0 Å². The number of benzene rings is 1. The average molecular weight is 260 g/mol. The lowest BCUT2D eigenvalue weighted by molar-refractivity contribution is 0.145. The molecule has 1 heterocycles. The summed E-state index contributed by atoms with van der Waals surface area (Å²) in [7, 11) is 2.24. The summed E-state index contributed by atoms with van der Waals surface area (Å²) in [5, 5.41) is 3.82. The van der Waals surface area contributed by atoms with Gasteiger partial charge in [0.15, 0.2) is 0 Å². The Hall–Kier alpha value is -1.02. The number of nitrogens with one attached hydrogen (secondary N) is 1. The molecule has 0 aromatic heterocycles. The van der Waals surface area contributed by atoms with Crippen molar-refractivity contribution in [1.29, 1.82) is 0 Å². The van der Waals surface area contributed by atoms with Crippen LogP contribution in [0.25, 0.3) is 0 Å². The van der Waals surface area contributed by atoms with Crippen LogP contribution in [0.3, 0.4) is 0 Å². The molecular formula is C17H28N2. The van der Waals surface area contributed by atoms with Crippen molar-refractivity contribution < 1.29 is 0 Å². The van der Waals surface area contributed by atoms with E-state index in [0.29, 0.717) is 18.0 Å². The van der Waals surface area contributed by atoms with Crippen LogP contribution in [0.4, 0.5) is 5.69 Å². The van der Waals surface area contributed by atoms with Crippen molar-refractivity contribution in [1.82, 2.24) is 4.90 Å². The van der Waals surface area contributed by atoms with Crippen LogP contribution in [0.5, 0.6) is 0 Å². The summed E-state index contributed by atoms with van der Waals surface area (Å²) >= 11 is 0. The van der Waals surface area contributed by atoms with E-state index in [1.54, 1.807) is 0 Å². The highest BCUT2D eigenvalue weighted by Gasteiger charge is 2.29. The van der Waals surface area contributed by atoms with Gasteiger partial charge >= 0.3 is 0 Å². The second-order valence-electron chi connectivity index (χ2n) is 6.53. The van der Waals surface area contributed by atoms with Crippen LogP contribution in [0, 0.1) is 26.7 Å². The summed E-state index contributed by atoms with van der Waals surface area (Å²) in [6.07, 6.45) is 1.23. The van der Waals surface area contributed by atoms with Crippen LogP contribution in [0.1, 0.15) is 37.0 Å². The fourth-order valence-corrected chi connectivity index (χ4v) is 3.34. The number of rotatable bonds is 2. The van der Waals surface area contributed by atoms with Crippen LogP contribution < -0.4 is 5.32 Å². The zero-order valence-corrected chi connectivity index (χ0v) is 13.2. The molecule has 0 amide bonds. The van der Waals surface area contributed by atoms with Crippen LogP contribution in [-0.4, -0.2) is 30.6 Å². The summed E-state index contributed by atoms with van der Waals surface area (Å²) in [4.78, 5) is 2.47. The highest BCUT2D eigenvalue weighted by atomic mass is 15.2. The topological polar surface area (TPSA) is 15.3 Å². The lowest BCUT2D eigenvalue weighted by atomic mass is 9.89. The van der Waals surface area contributed by atoms with Gasteiger partial charge in [-0.1, -0.05) is 24.6 Å². The Morgan fingerprint density at radius 2 is 1.68 bits per heavy atom. The Balaban J connectivity index is 2.17. The zero-order valence-electron chi connectivity index (χ0n) is 13.2. The molecule has 106 valence electrons. The van der Waals surface area contributed by atoms with E-state index in [2.05, 4.69) is 64.0 Å². The maximum Gasteiger partial charge on any atom is 0.0402 e. The minimum atomic E-state index is 0.589. The van der Waals surface area contributed by atoms with Crippen molar-refractivity contribution in [2.45, 2.75) is 53.1 Å². The smallest absolute Gasteiger partial charge is 0.0402 e. The van der Waals surface area contributed by atoms with Gasteiger partial charge in [-0.2, -0.15) is 0 Å². The first-order valence-electron chi connectivity index (χ1n) is 7.43. The van der Waals surface area contributed by atoms with E-state index >= 15 is 0 Å². The first kappa shape index (κ1) is 14.4. The third-order valence-electron chi connectivity index (χ3n) is 4.62. The van der Waals surface area contributed by atoms with Crippen molar-refractivity contribution in [3.05, 3.63) is 28.8 Å². The maximum atomic E-state index is 3.82. The molecule has 0 radical (unpaired) electrons. The fourth-order valence-electron chi connectivity index (χ4n) is 3.34. The Bertz CT molecular complexity index is 430. The number of likely N-dealkylation sites (tertiary alicyclic amines) is 1. The number of anilines is 1. The Labute approximate surface area is 118 Å². The van der Waals surface area contributed by atoms with Crippen molar-refractivity contribution in [2.24, 2.45) is 5.92 Å². The summed E-state index contributed by atoms with van der Waals surface area (Å²) < 4.78 is 0. The summed E-state index contributed by atoms with van der Waals surface area (Å²) in [5.74, 6) is 0.696. The number of hydrogen-bond acceptors (Lipinski definition) is 2. The summed E-state index contributed by atoms with van der Waals surface area (Å²) in [5.41, 5.74) is 5.44. The van der Waals surface area contributed by atoms with Gasteiger partial charge in [0.05, 0.1) is 0 Å². The van der Waals surface area contributed by atoms with Gasteiger partial charge in [-0.15, -0.1) is 0 Å². The maximum absolute atomic E-state index is 3.82. The van der Waals surface area contributed by atoms with E-state index in [0.717, 1.165) is 0 Å². The van der Waals surface area contributed by atoms with Gasteiger partial charge in [-0.05, 0) is 58.2 Å². The third kappa shape index (κ3) is 3.11. The molecule has 0 saturated carbocycles. The Morgan fingerprint density at radius 1 is 1.11 bits per heavy atom. The normalized spacial score (nSPS) is 28.4. The average Bonchev–Trinajstić information content (AvgIpc) is 2.29. The molecule has 2 nitrogen and oxygen atoms in total. The largest absolute Gasteiger partial charge is 0.382 e. The second-order valence-corrected chi connectivity index (χ2v) is 6.53. The molecule has 3 atom stereocenters. The molecule has 0 aliphatic carbocycles. The highest BCUT2D eigenvalue weighted by Crippen LogP contribution is 2.28. The fraction of sp³-hybridized carbons (Fsp3) is 0.647. The molecule has 1 saturated heterocycles. The lowest BCUT2D eigenvalue weighted by Gasteiger charge is -2.40. The molecule has 2 heteroatoms. The SMILES string of the molecule is Cc1cc(C)c(NC2CC(C)N(C)CC2C)c(C)c1. The summed E-state index contributed by atoms with van der Waals surface area (Å²) in [6, 6.07) is 5.81. The van der Waals surface area contributed by atoms with Crippen molar-refractivity contribution in [3.8, 4) is 0 Å². The summed E-state index contributed by atoms with van der Waals surface area (Å²) in [6.45, 7) is 12.5. The van der Waals surface area contributed by atoms with E-state index < -0.39 is 0 Å². The molecule has 1 fully saturated rings. The number of hydrogen-bond donors (Lipinski definition) is 1. The molecule has 1 aliphatic rings. The monoisotopic (exact) mass is 260 g/mol. The van der Waals surface area contributed by atoms with Gasteiger partial charge in [-0.25, -0.2) is 0 Å². The molecule has 2 rings (SSSR count). The first-order chi connectivity index (χ1) is 8.88. The molecule has 1 aliphatic heterocycles. The minimum absolute atomic E-state index is 0.589. The minimum Gasteiger partial charge on any atom is -0.382 e. The molecule has 19 heavy (non-hydrogen) atoms. The standard InChI is InChI=1S/C17H28N2/c1-11-7-12(2)17(13(3)8-11)18-16-9-15(5)19(6)10-14(16)4/h7-8,14-16,18H,9-10H2,1-6H3. The quantitative estimate of drug-likeness (QED) is 0.871. The van der Waals surface area contributed by atoms with Crippen LogP contribution in [0.15, 0.2) is 12.1 Å².